The molecule has 0 amide bonds. The molecule has 0 N–H and O–H groups in total. The van der Waals surface area contributed by atoms with E-state index in [2.05, 4.69) is 42.2 Å². The first-order valence-electron chi connectivity index (χ1n) is 9.47. The summed E-state index contributed by atoms with van der Waals surface area (Å²) in [6, 6.07) is 5.86. The van der Waals surface area contributed by atoms with Crippen LogP contribution in [-0.2, 0) is 7.05 Å². The molecule has 0 aliphatic rings. The number of nitriles is 1. The van der Waals surface area contributed by atoms with Crippen LogP contribution >= 0.6 is 15.9 Å². The maximum absolute atomic E-state index is 9.37. The third-order valence-electron chi connectivity index (χ3n) is 4.96. The van der Waals surface area contributed by atoms with E-state index in [4.69, 9.17) is 4.98 Å². The summed E-state index contributed by atoms with van der Waals surface area (Å²) in [5.41, 5.74) is 4.18. The quantitative estimate of drug-likeness (QED) is 0.385. The van der Waals surface area contributed by atoms with Crippen molar-refractivity contribution in [3.8, 4) is 28.7 Å². The van der Waals surface area contributed by atoms with Gasteiger partial charge in [-0.2, -0.15) is 15.5 Å². The molecule has 0 aliphatic heterocycles. The van der Waals surface area contributed by atoms with E-state index in [1.807, 2.05) is 42.2 Å². The van der Waals surface area contributed by atoms with Crippen LogP contribution in [0.4, 0.5) is 0 Å². The van der Waals surface area contributed by atoms with Gasteiger partial charge in [-0.05, 0) is 27.6 Å². The smallest absolute Gasteiger partial charge is 0.149 e. The third kappa shape index (κ3) is 3.60. The molecule has 5 aromatic rings. The molecule has 0 bridgehead atoms. The number of hydrogen-bond acceptors (Lipinski definition) is 6. The standard InChI is InChI=1S/C21H16BrN9/c1-29-12-15(9-26-29)18-7-20-25-4-5-30(20)21(28-18)16-10-27-31(13-16)19(2-3-23)14-6-17(22)11-24-8-14/h4-13,19H,2H2,1H3. The Hall–Kier alpha value is -3.84. The Labute approximate surface area is 185 Å². The van der Waals surface area contributed by atoms with Gasteiger partial charge in [0, 0.05) is 60.3 Å². The predicted molar refractivity (Wildman–Crippen MR) is 117 cm³/mol. The molecule has 0 fully saturated rings. The fraction of sp³-hybridized carbons (Fsp3) is 0.143. The summed E-state index contributed by atoms with van der Waals surface area (Å²) in [7, 11) is 1.87. The lowest BCUT2D eigenvalue weighted by Crippen LogP contribution is -2.11. The van der Waals surface area contributed by atoms with Gasteiger partial charge in [0.1, 0.15) is 11.5 Å². The highest BCUT2D eigenvalue weighted by molar-refractivity contribution is 9.10. The van der Waals surface area contributed by atoms with Crippen LogP contribution in [0.3, 0.4) is 0 Å². The minimum atomic E-state index is -0.261. The molecule has 10 heteroatoms. The second-order valence-corrected chi connectivity index (χ2v) is 7.96. The molecule has 5 heterocycles. The first kappa shape index (κ1) is 19.1. The van der Waals surface area contributed by atoms with E-state index in [-0.39, 0.29) is 12.5 Å². The molecular weight excluding hydrogens is 458 g/mol. The van der Waals surface area contributed by atoms with Crippen molar-refractivity contribution in [3.63, 3.8) is 0 Å². The topological polar surface area (TPSA) is 103 Å². The number of imidazole rings is 1. The van der Waals surface area contributed by atoms with Gasteiger partial charge in [-0.15, -0.1) is 0 Å². The van der Waals surface area contributed by atoms with Gasteiger partial charge in [0.05, 0.1) is 42.2 Å². The fourth-order valence-corrected chi connectivity index (χ4v) is 3.90. The summed E-state index contributed by atoms with van der Waals surface area (Å²) in [6.07, 6.45) is 14.7. The molecule has 1 atom stereocenters. The van der Waals surface area contributed by atoms with Gasteiger partial charge in [0.25, 0.3) is 0 Å². The SMILES string of the molecule is Cn1cc(-c2cc3nccn3c(-c3cnn(C(CC#N)c4cncc(Br)c4)c3)n2)cn1. The molecule has 0 saturated heterocycles. The van der Waals surface area contributed by atoms with Crippen molar-refractivity contribution in [2.45, 2.75) is 12.5 Å². The van der Waals surface area contributed by atoms with Crippen molar-refractivity contribution in [2.24, 2.45) is 7.05 Å². The Morgan fingerprint density at radius 3 is 2.74 bits per heavy atom. The number of rotatable bonds is 5. The molecule has 0 saturated carbocycles. The number of halogens is 1. The maximum atomic E-state index is 9.37. The van der Waals surface area contributed by atoms with E-state index in [9.17, 15) is 5.26 Å². The molecule has 0 aliphatic carbocycles. The van der Waals surface area contributed by atoms with Gasteiger partial charge >= 0.3 is 0 Å². The molecule has 5 rings (SSSR count). The number of nitrogens with zero attached hydrogens (tertiary/aromatic N) is 9. The van der Waals surface area contributed by atoms with Crippen molar-refractivity contribution in [3.05, 3.63) is 71.7 Å². The average molecular weight is 474 g/mol. The van der Waals surface area contributed by atoms with E-state index in [0.717, 1.165) is 32.5 Å². The molecule has 0 spiro atoms. The molecular formula is C21H16BrN9. The summed E-state index contributed by atoms with van der Waals surface area (Å²) in [6.45, 7) is 0. The molecule has 1 unspecified atom stereocenters. The molecule has 0 radical (unpaired) electrons. The van der Waals surface area contributed by atoms with E-state index < -0.39 is 0 Å². The number of fused-ring (bicyclic) bond motifs is 1. The molecule has 5 aromatic heterocycles. The lowest BCUT2D eigenvalue weighted by molar-refractivity contribution is 0.530. The minimum absolute atomic E-state index is 0.261. The fourth-order valence-electron chi connectivity index (χ4n) is 3.51. The van der Waals surface area contributed by atoms with E-state index in [0.29, 0.717) is 5.82 Å². The Balaban J connectivity index is 1.60. The normalized spacial score (nSPS) is 12.2. The Morgan fingerprint density at radius 2 is 1.97 bits per heavy atom. The van der Waals surface area contributed by atoms with Crippen LogP contribution in [0.25, 0.3) is 28.3 Å². The largest absolute Gasteiger partial charge is 0.284 e. The monoisotopic (exact) mass is 473 g/mol. The second-order valence-electron chi connectivity index (χ2n) is 7.05. The number of aryl methyl sites for hydroxylation is 1. The van der Waals surface area contributed by atoms with Gasteiger partial charge in [-0.25, -0.2) is 9.97 Å². The summed E-state index contributed by atoms with van der Waals surface area (Å²) in [5.74, 6) is 0.711. The lowest BCUT2D eigenvalue weighted by atomic mass is 10.1. The first-order valence-corrected chi connectivity index (χ1v) is 10.3. The summed E-state index contributed by atoms with van der Waals surface area (Å²) >= 11 is 3.45. The van der Waals surface area contributed by atoms with Crippen molar-refractivity contribution >= 4 is 21.6 Å². The van der Waals surface area contributed by atoms with E-state index in [1.165, 1.54) is 0 Å². The maximum Gasteiger partial charge on any atom is 0.149 e. The third-order valence-corrected chi connectivity index (χ3v) is 5.40. The zero-order valence-corrected chi connectivity index (χ0v) is 18.0. The zero-order valence-electron chi connectivity index (χ0n) is 16.5. The highest BCUT2D eigenvalue weighted by Crippen LogP contribution is 2.28. The minimum Gasteiger partial charge on any atom is -0.284 e. The van der Waals surface area contributed by atoms with Crippen LogP contribution in [0.2, 0.25) is 0 Å². The van der Waals surface area contributed by atoms with Gasteiger partial charge < -0.3 is 0 Å². The number of hydrogen-bond donors (Lipinski definition) is 0. The van der Waals surface area contributed by atoms with E-state index in [1.54, 1.807) is 40.3 Å². The average Bonchev–Trinajstić information content (AvgIpc) is 3.51. The van der Waals surface area contributed by atoms with Crippen molar-refractivity contribution in [2.75, 3.05) is 0 Å². The van der Waals surface area contributed by atoms with E-state index >= 15 is 0 Å². The second kappa shape index (κ2) is 7.77. The van der Waals surface area contributed by atoms with Crippen LogP contribution in [0.1, 0.15) is 18.0 Å². The Bertz CT molecular complexity index is 1420. The lowest BCUT2D eigenvalue weighted by Gasteiger charge is -2.14. The Kier molecular flexibility index (Phi) is 4.80. The number of pyridine rings is 1. The van der Waals surface area contributed by atoms with Gasteiger partial charge in [0.2, 0.25) is 0 Å². The molecule has 0 aromatic carbocycles. The van der Waals surface area contributed by atoms with Crippen LogP contribution < -0.4 is 0 Å². The van der Waals surface area contributed by atoms with Crippen molar-refractivity contribution in [1.29, 1.82) is 5.26 Å². The highest BCUT2D eigenvalue weighted by atomic mass is 79.9. The van der Waals surface area contributed by atoms with Crippen LogP contribution in [0.15, 0.2) is 66.2 Å². The van der Waals surface area contributed by atoms with Gasteiger partial charge in [-0.3, -0.25) is 18.7 Å². The van der Waals surface area contributed by atoms with Crippen molar-refractivity contribution in [1.82, 2.24) is 38.9 Å². The molecule has 152 valence electrons. The van der Waals surface area contributed by atoms with Gasteiger partial charge in [0.15, 0.2) is 0 Å². The summed E-state index contributed by atoms with van der Waals surface area (Å²) in [5, 5.41) is 18.2. The first-order chi connectivity index (χ1) is 15.1. The van der Waals surface area contributed by atoms with Crippen molar-refractivity contribution < 1.29 is 0 Å². The molecule has 31 heavy (non-hydrogen) atoms. The highest BCUT2D eigenvalue weighted by Gasteiger charge is 2.18. The predicted octanol–water partition coefficient (Wildman–Crippen LogP) is 3.65. The van der Waals surface area contributed by atoms with Crippen LogP contribution in [0.5, 0.6) is 0 Å². The Morgan fingerprint density at radius 1 is 1.10 bits per heavy atom. The molecule has 9 nitrogen and oxygen atoms in total. The van der Waals surface area contributed by atoms with Crippen LogP contribution in [0, 0.1) is 11.3 Å². The van der Waals surface area contributed by atoms with Gasteiger partial charge in [-0.1, -0.05) is 0 Å². The summed E-state index contributed by atoms with van der Waals surface area (Å²) in [4.78, 5) is 13.5. The summed E-state index contributed by atoms with van der Waals surface area (Å²) < 4.78 is 6.29. The number of aromatic nitrogens is 8. The van der Waals surface area contributed by atoms with Crippen LogP contribution in [-0.4, -0.2) is 38.9 Å². The zero-order chi connectivity index (χ0) is 21.4.